The number of aryl methyl sites for hydroxylation is 3. The molecule has 1 saturated heterocycles. The molecule has 31 heavy (non-hydrogen) atoms. The summed E-state index contributed by atoms with van der Waals surface area (Å²) >= 11 is 0. The Hall–Kier alpha value is -3.67. The van der Waals surface area contributed by atoms with Crippen molar-refractivity contribution in [3.8, 4) is 0 Å². The highest BCUT2D eigenvalue weighted by atomic mass is 19.1. The second-order valence-electron chi connectivity index (χ2n) is 7.82. The summed E-state index contributed by atoms with van der Waals surface area (Å²) in [7, 11) is 0. The first kappa shape index (κ1) is 20.6. The number of amides is 1. The van der Waals surface area contributed by atoms with Gasteiger partial charge in [0.1, 0.15) is 29.1 Å². The lowest BCUT2D eigenvalue weighted by Crippen LogP contribution is -2.29. The van der Waals surface area contributed by atoms with E-state index in [2.05, 4.69) is 0 Å². The number of nitrogens with zero attached hydrogens (tertiary/aromatic N) is 1. The quantitative estimate of drug-likeness (QED) is 0.368. The largest absolute Gasteiger partial charge is 0.507 e. The van der Waals surface area contributed by atoms with Gasteiger partial charge in [-0.2, -0.15) is 0 Å². The number of Topliss-reactive ketones (excluding diaryl/α,β-unsaturated/α-hetero) is 1. The maximum atomic E-state index is 13.3. The Morgan fingerprint density at radius 2 is 1.74 bits per heavy atom. The van der Waals surface area contributed by atoms with Crippen LogP contribution in [0.5, 0.6) is 0 Å². The average Bonchev–Trinajstić information content (AvgIpc) is 3.27. The molecule has 4 rings (SSSR count). The van der Waals surface area contributed by atoms with Crippen LogP contribution in [0.3, 0.4) is 0 Å². The van der Waals surface area contributed by atoms with Crippen LogP contribution in [-0.2, 0) is 16.1 Å². The number of benzene rings is 2. The van der Waals surface area contributed by atoms with Crippen molar-refractivity contribution < 1.29 is 23.5 Å². The first-order valence-electron chi connectivity index (χ1n) is 9.93. The van der Waals surface area contributed by atoms with E-state index in [0.29, 0.717) is 22.6 Å². The van der Waals surface area contributed by atoms with E-state index in [9.17, 15) is 19.1 Å². The van der Waals surface area contributed by atoms with E-state index >= 15 is 0 Å². The van der Waals surface area contributed by atoms with Crippen molar-refractivity contribution in [2.24, 2.45) is 0 Å². The van der Waals surface area contributed by atoms with Gasteiger partial charge in [-0.05, 0) is 62.2 Å². The van der Waals surface area contributed by atoms with Crippen molar-refractivity contribution >= 4 is 17.4 Å². The van der Waals surface area contributed by atoms with Crippen molar-refractivity contribution in [1.82, 2.24) is 4.90 Å². The predicted molar refractivity (Wildman–Crippen MR) is 114 cm³/mol. The fraction of sp³-hybridized carbons (Fsp3) is 0.200. The molecule has 5 nitrogen and oxygen atoms in total. The lowest BCUT2D eigenvalue weighted by Gasteiger charge is -2.23. The van der Waals surface area contributed by atoms with Gasteiger partial charge in [0.2, 0.25) is 0 Å². The number of aliphatic hydroxyl groups excluding tert-OH is 1. The van der Waals surface area contributed by atoms with Gasteiger partial charge in [0.25, 0.3) is 11.7 Å². The smallest absolute Gasteiger partial charge is 0.296 e. The third kappa shape index (κ3) is 3.77. The van der Waals surface area contributed by atoms with Gasteiger partial charge in [0.05, 0.1) is 5.57 Å². The molecule has 1 N–H and O–H groups in total. The minimum Gasteiger partial charge on any atom is -0.507 e. The van der Waals surface area contributed by atoms with Crippen LogP contribution in [0.25, 0.3) is 5.76 Å². The van der Waals surface area contributed by atoms with Crippen LogP contribution in [0.4, 0.5) is 4.39 Å². The number of rotatable bonds is 4. The number of carbonyl (C=O) groups is 2. The van der Waals surface area contributed by atoms with E-state index in [-0.39, 0.29) is 23.7 Å². The van der Waals surface area contributed by atoms with Crippen molar-refractivity contribution in [1.29, 1.82) is 0 Å². The highest BCUT2D eigenvalue weighted by molar-refractivity contribution is 6.46. The topological polar surface area (TPSA) is 70.8 Å². The summed E-state index contributed by atoms with van der Waals surface area (Å²) in [6, 6.07) is 13.8. The molecule has 6 heteroatoms. The van der Waals surface area contributed by atoms with Crippen molar-refractivity contribution in [2.45, 2.75) is 33.4 Å². The normalized spacial score (nSPS) is 18.1. The summed E-state index contributed by atoms with van der Waals surface area (Å²) in [6.07, 6.45) is 0. The van der Waals surface area contributed by atoms with Crippen LogP contribution in [0.2, 0.25) is 0 Å². The SMILES string of the molecule is Cc1ccc(C)c(/C(O)=C2\C(=O)C(=O)N(Cc3ccc(F)cc3)C2c2ccc(C)o2)c1. The van der Waals surface area contributed by atoms with Crippen LogP contribution in [0.1, 0.15) is 39.8 Å². The third-order valence-corrected chi connectivity index (χ3v) is 5.48. The molecule has 1 unspecified atom stereocenters. The van der Waals surface area contributed by atoms with Crippen molar-refractivity contribution in [3.63, 3.8) is 0 Å². The van der Waals surface area contributed by atoms with Gasteiger partial charge in [-0.3, -0.25) is 9.59 Å². The third-order valence-electron chi connectivity index (χ3n) is 5.48. The van der Waals surface area contributed by atoms with Gasteiger partial charge in [0.15, 0.2) is 0 Å². The number of likely N-dealkylation sites (tertiary alicyclic amines) is 1. The van der Waals surface area contributed by atoms with Crippen LogP contribution in [-0.4, -0.2) is 21.7 Å². The molecule has 1 aromatic heterocycles. The molecule has 0 spiro atoms. The second-order valence-corrected chi connectivity index (χ2v) is 7.82. The lowest BCUT2D eigenvalue weighted by atomic mass is 9.96. The number of hydrogen-bond donors (Lipinski definition) is 1. The molecule has 1 aliphatic rings. The molecule has 158 valence electrons. The van der Waals surface area contributed by atoms with Crippen LogP contribution in [0, 0.1) is 26.6 Å². The summed E-state index contributed by atoms with van der Waals surface area (Å²) < 4.78 is 19.1. The number of hydrogen-bond acceptors (Lipinski definition) is 4. The van der Waals surface area contributed by atoms with E-state index in [1.807, 2.05) is 26.0 Å². The van der Waals surface area contributed by atoms with Crippen LogP contribution >= 0.6 is 0 Å². The van der Waals surface area contributed by atoms with Gasteiger partial charge < -0.3 is 14.4 Å². The van der Waals surface area contributed by atoms with E-state index in [1.165, 1.54) is 17.0 Å². The van der Waals surface area contributed by atoms with Gasteiger partial charge in [0, 0.05) is 12.1 Å². The van der Waals surface area contributed by atoms with E-state index in [0.717, 1.165) is 11.1 Å². The second kappa shape index (κ2) is 7.87. The fourth-order valence-corrected chi connectivity index (χ4v) is 3.86. The zero-order valence-corrected chi connectivity index (χ0v) is 17.5. The Balaban J connectivity index is 1.87. The molecule has 0 bridgehead atoms. The van der Waals surface area contributed by atoms with Crippen molar-refractivity contribution in [2.75, 3.05) is 0 Å². The van der Waals surface area contributed by atoms with E-state index < -0.39 is 17.7 Å². The molecule has 3 aromatic rings. The number of aliphatic hydroxyl groups is 1. The highest BCUT2D eigenvalue weighted by Gasteiger charge is 2.47. The molecule has 1 atom stereocenters. The number of carbonyl (C=O) groups excluding carboxylic acids is 2. The Kier molecular flexibility index (Phi) is 5.23. The summed E-state index contributed by atoms with van der Waals surface area (Å²) in [5, 5.41) is 11.2. The minimum absolute atomic E-state index is 0.0184. The molecular weight excluding hydrogens is 397 g/mol. The molecule has 0 radical (unpaired) electrons. The van der Waals surface area contributed by atoms with Gasteiger partial charge in [-0.1, -0.05) is 29.8 Å². The monoisotopic (exact) mass is 419 g/mol. The van der Waals surface area contributed by atoms with Gasteiger partial charge in [-0.15, -0.1) is 0 Å². The molecule has 2 aromatic carbocycles. The Bertz CT molecular complexity index is 1210. The fourth-order valence-electron chi connectivity index (χ4n) is 3.86. The number of ketones is 1. The standard InChI is InChI=1S/C25H22FNO4/c1-14-4-5-15(2)19(12-14)23(28)21-22(20-11-6-16(3)31-20)27(25(30)24(21)29)13-17-7-9-18(26)10-8-17/h4-12,22,28H,13H2,1-3H3/b23-21+. The van der Waals surface area contributed by atoms with Gasteiger partial charge in [-0.25, -0.2) is 4.39 Å². The van der Waals surface area contributed by atoms with Gasteiger partial charge >= 0.3 is 0 Å². The number of furan rings is 1. The Morgan fingerprint density at radius 3 is 2.39 bits per heavy atom. The maximum Gasteiger partial charge on any atom is 0.296 e. The lowest BCUT2D eigenvalue weighted by molar-refractivity contribution is -0.140. The van der Waals surface area contributed by atoms with Crippen LogP contribution < -0.4 is 0 Å². The molecule has 0 saturated carbocycles. The predicted octanol–water partition coefficient (Wildman–Crippen LogP) is 4.97. The molecule has 0 aliphatic carbocycles. The highest BCUT2D eigenvalue weighted by Crippen LogP contribution is 2.41. The summed E-state index contributed by atoms with van der Waals surface area (Å²) in [4.78, 5) is 27.4. The molecular formula is C25H22FNO4. The first-order valence-corrected chi connectivity index (χ1v) is 9.93. The number of halogens is 1. The summed E-state index contributed by atoms with van der Waals surface area (Å²) in [5.41, 5.74) is 2.83. The van der Waals surface area contributed by atoms with Crippen LogP contribution in [0.15, 0.2) is 64.6 Å². The maximum absolute atomic E-state index is 13.3. The molecule has 1 aliphatic heterocycles. The first-order chi connectivity index (χ1) is 14.8. The molecule has 1 amide bonds. The average molecular weight is 419 g/mol. The van der Waals surface area contributed by atoms with E-state index in [1.54, 1.807) is 37.3 Å². The molecule has 1 fully saturated rings. The zero-order valence-electron chi connectivity index (χ0n) is 17.5. The zero-order chi connectivity index (χ0) is 22.3. The Morgan fingerprint density at radius 1 is 1.03 bits per heavy atom. The summed E-state index contributed by atoms with van der Waals surface area (Å²) in [5.74, 6) is -1.14. The minimum atomic E-state index is -0.890. The molecule has 2 heterocycles. The Labute approximate surface area is 179 Å². The summed E-state index contributed by atoms with van der Waals surface area (Å²) in [6.45, 7) is 5.55. The van der Waals surface area contributed by atoms with Crippen molar-refractivity contribution in [3.05, 3.63) is 99.8 Å². The van der Waals surface area contributed by atoms with E-state index in [4.69, 9.17) is 4.42 Å².